The number of carbonyl (C=O) groups excluding carboxylic acids is 1. The molecule has 1 atom stereocenters. The van der Waals surface area contributed by atoms with E-state index in [2.05, 4.69) is 16.2 Å². The Kier molecular flexibility index (Phi) is 5.31. The normalized spacial score (nSPS) is 15.0. The first-order valence-corrected chi connectivity index (χ1v) is 9.40. The Hall–Kier alpha value is -3.92. The van der Waals surface area contributed by atoms with Crippen LogP contribution in [-0.4, -0.2) is 36.3 Å². The number of rotatable bonds is 6. The highest BCUT2D eigenvalue weighted by Gasteiger charge is 2.31. The van der Waals surface area contributed by atoms with Gasteiger partial charge in [-0.25, -0.2) is 4.98 Å². The van der Waals surface area contributed by atoms with Gasteiger partial charge in [0.15, 0.2) is 11.5 Å². The van der Waals surface area contributed by atoms with Crippen LogP contribution < -0.4 is 19.5 Å². The predicted molar refractivity (Wildman–Crippen MR) is 113 cm³/mol. The van der Waals surface area contributed by atoms with Gasteiger partial charge in [-0.2, -0.15) is 0 Å². The number of carbonyl (C=O) groups is 1. The number of fused-ring (bicyclic) bond motifs is 1. The van der Waals surface area contributed by atoms with Gasteiger partial charge in [0.25, 0.3) is 0 Å². The maximum Gasteiger partial charge on any atom is 0.226 e. The van der Waals surface area contributed by atoms with Crippen LogP contribution in [0.4, 0.5) is 5.82 Å². The fraction of sp³-hybridized carbons (Fsp3) is 0.217. The van der Waals surface area contributed by atoms with Gasteiger partial charge in [-0.05, 0) is 29.8 Å². The Balaban J connectivity index is 1.76. The number of imidazole rings is 1. The summed E-state index contributed by atoms with van der Waals surface area (Å²) in [5.74, 6) is 4.63. The van der Waals surface area contributed by atoms with Crippen LogP contribution in [0.5, 0.6) is 17.2 Å². The molecule has 7 heteroatoms. The predicted octanol–water partition coefficient (Wildman–Crippen LogP) is 3.38. The van der Waals surface area contributed by atoms with Crippen molar-refractivity contribution in [2.75, 3.05) is 26.1 Å². The maximum atomic E-state index is 12.5. The van der Waals surface area contributed by atoms with Gasteiger partial charge in [-0.3, -0.25) is 9.36 Å². The number of benzene rings is 2. The zero-order chi connectivity index (χ0) is 21.1. The fourth-order valence-electron chi connectivity index (χ4n) is 3.58. The Labute approximate surface area is 174 Å². The molecule has 1 amide bonds. The highest BCUT2D eigenvalue weighted by molar-refractivity contribution is 5.94. The van der Waals surface area contributed by atoms with Crippen molar-refractivity contribution in [3.8, 4) is 35.3 Å². The number of methoxy groups -OCH3 is 2. The Bertz CT molecular complexity index is 1130. The average molecular weight is 403 g/mol. The van der Waals surface area contributed by atoms with Crippen LogP contribution in [0.2, 0.25) is 0 Å². The lowest BCUT2D eigenvalue weighted by molar-refractivity contribution is -0.116. The van der Waals surface area contributed by atoms with Crippen molar-refractivity contribution in [3.05, 3.63) is 60.0 Å². The number of anilines is 1. The molecule has 1 aromatic heterocycles. The minimum atomic E-state index is -0.223. The lowest BCUT2D eigenvalue weighted by Gasteiger charge is -2.24. The second kappa shape index (κ2) is 8.21. The molecule has 4 rings (SSSR count). The van der Waals surface area contributed by atoms with E-state index < -0.39 is 0 Å². The topological polar surface area (TPSA) is 74.6 Å². The molecule has 0 fully saturated rings. The van der Waals surface area contributed by atoms with Gasteiger partial charge >= 0.3 is 0 Å². The Morgan fingerprint density at radius 2 is 2.07 bits per heavy atom. The molecule has 1 N–H and O–H groups in total. The summed E-state index contributed by atoms with van der Waals surface area (Å²) < 4.78 is 18.1. The van der Waals surface area contributed by atoms with Gasteiger partial charge in [0.1, 0.15) is 24.5 Å². The van der Waals surface area contributed by atoms with E-state index in [4.69, 9.17) is 20.6 Å². The number of ether oxygens (including phenoxy) is 3. The standard InChI is InChI=1S/C23H21N3O4/c1-4-10-30-20-11-15(8-9-19(20)29-3)18-13-21(27)25-23-22(18)24-14-26(23)16-6-5-7-17(12-16)28-2/h1,5-9,11-12,14,18H,10,13H2,2-3H3,(H,25,27). The molecular weight excluding hydrogens is 382 g/mol. The van der Waals surface area contributed by atoms with E-state index in [1.165, 1.54) is 0 Å². The van der Waals surface area contributed by atoms with Gasteiger partial charge in [-0.15, -0.1) is 6.42 Å². The van der Waals surface area contributed by atoms with Crippen molar-refractivity contribution < 1.29 is 19.0 Å². The van der Waals surface area contributed by atoms with Crippen LogP contribution in [0.25, 0.3) is 5.69 Å². The lowest BCUT2D eigenvalue weighted by Crippen LogP contribution is -2.25. The van der Waals surface area contributed by atoms with E-state index in [1.54, 1.807) is 20.5 Å². The first-order valence-electron chi connectivity index (χ1n) is 9.40. The third-order valence-corrected chi connectivity index (χ3v) is 5.01. The van der Waals surface area contributed by atoms with Crippen LogP contribution in [0.15, 0.2) is 48.8 Å². The van der Waals surface area contributed by atoms with Crippen LogP contribution in [0, 0.1) is 12.3 Å². The number of amides is 1. The molecule has 2 heterocycles. The minimum Gasteiger partial charge on any atom is -0.497 e. The van der Waals surface area contributed by atoms with E-state index in [0.717, 1.165) is 22.7 Å². The molecule has 0 spiro atoms. The highest BCUT2D eigenvalue weighted by Crippen LogP contribution is 2.40. The molecule has 7 nitrogen and oxygen atoms in total. The summed E-state index contributed by atoms with van der Waals surface area (Å²) in [6.45, 7) is 0.126. The minimum absolute atomic E-state index is 0.0842. The summed E-state index contributed by atoms with van der Waals surface area (Å²) in [7, 11) is 3.18. The fourth-order valence-corrected chi connectivity index (χ4v) is 3.58. The second-order valence-electron chi connectivity index (χ2n) is 6.76. The highest BCUT2D eigenvalue weighted by atomic mass is 16.5. The molecule has 30 heavy (non-hydrogen) atoms. The summed E-state index contributed by atoms with van der Waals surface area (Å²) in [6.07, 6.45) is 7.30. The molecule has 3 aromatic rings. The first-order chi connectivity index (χ1) is 14.6. The second-order valence-corrected chi connectivity index (χ2v) is 6.76. The summed E-state index contributed by atoms with van der Waals surface area (Å²) in [5.41, 5.74) is 2.53. The van der Waals surface area contributed by atoms with Gasteiger partial charge in [-0.1, -0.05) is 18.1 Å². The number of nitrogens with one attached hydrogen (secondary N) is 1. The molecule has 1 unspecified atom stereocenters. The molecule has 0 saturated carbocycles. The Morgan fingerprint density at radius 1 is 1.20 bits per heavy atom. The van der Waals surface area contributed by atoms with Crippen LogP contribution in [0.1, 0.15) is 23.6 Å². The molecule has 0 saturated heterocycles. The Morgan fingerprint density at radius 3 is 2.83 bits per heavy atom. The number of hydrogen-bond acceptors (Lipinski definition) is 5. The van der Waals surface area contributed by atoms with Crippen molar-refractivity contribution in [1.82, 2.24) is 9.55 Å². The number of hydrogen-bond donors (Lipinski definition) is 1. The van der Waals surface area contributed by atoms with E-state index in [0.29, 0.717) is 17.3 Å². The van der Waals surface area contributed by atoms with Crippen LogP contribution in [-0.2, 0) is 4.79 Å². The molecule has 152 valence electrons. The average Bonchev–Trinajstić information content (AvgIpc) is 3.20. The van der Waals surface area contributed by atoms with E-state index in [-0.39, 0.29) is 24.9 Å². The molecule has 0 bridgehead atoms. The lowest BCUT2D eigenvalue weighted by atomic mass is 9.89. The smallest absolute Gasteiger partial charge is 0.226 e. The molecular formula is C23H21N3O4. The molecule has 1 aliphatic heterocycles. The quantitative estimate of drug-likeness (QED) is 0.639. The largest absolute Gasteiger partial charge is 0.497 e. The van der Waals surface area contributed by atoms with Gasteiger partial charge in [0.2, 0.25) is 5.91 Å². The van der Waals surface area contributed by atoms with Gasteiger partial charge < -0.3 is 19.5 Å². The number of nitrogens with zero attached hydrogens (tertiary/aromatic N) is 2. The van der Waals surface area contributed by atoms with Gasteiger partial charge in [0.05, 0.1) is 25.6 Å². The van der Waals surface area contributed by atoms with Crippen molar-refractivity contribution >= 4 is 11.7 Å². The summed E-state index contributed by atoms with van der Waals surface area (Å²) in [4.78, 5) is 17.2. The molecule has 2 aromatic carbocycles. The zero-order valence-corrected chi connectivity index (χ0v) is 16.7. The molecule has 1 aliphatic rings. The van der Waals surface area contributed by atoms with E-state index in [1.807, 2.05) is 47.0 Å². The van der Waals surface area contributed by atoms with Crippen molar-refractivity contribution in [2.45, 2.75) is 12.3 Å². The summed E-state index contributed by atoms with van der Waals surface area (Å²) in [6, 6.07) is 13.2. The number of aromatic nitrogens is 2. The third kappa shape index (κ3) is 3.55. The zero-order valence-electron chi connectivity index (χ0n) is 16.7. The number of terminal acetylenes is 1. The van der Waals surface area contributed by atoms with Crippen molar-refractivity contribution in [1.29, 1.82) is 0 Å². The van der Waals surface area contributed by atoms with E-state index >= 15 is 0 Å². The summed E-state index contributed by atoms with van der Waals surface area (Å²) >= 11 is 0. The van der Waals surface area contributed by atoms with Crippen molar-refractivity contribution in [2.24, 2.45) is 0 Å². The SMILES string of the molecule is C#CCOc1cc(C2CC(=O)Nc3c2ncn3-c2cccc(OC)c2)ccc1OC. The van der Waals surface area contributed by atoms with Crippen molar-refractivity contribution in [3.63, 3.8) is 0 Å². The molecule has 0 radical (unpaired) electrons. The maximum absolute atomic E-state index is 12.5. The summed E-state index contributed by atoms with van der Waals surface area (Å²) in [5, 5.41) is 2.95. The first kappa shape index (κ1) is 19.4. The van der Waals surface area contributed by atoms with Gasteiger partial charge in [0, 0.05) is 18.4 Å². The monoisotopic (exact) mass is 403 g/mol. The van der Waals surface area contributed by atoms with Crippen LogP contribution in [0.3, 0.4) is 0 Å². The molecule has 0 aliphatic carbocycles. The van der Waals surface area contributed by atoms with E-state index in [9.17, 15) is 4.79 Å². The van der Waals surface area contributed by atoms with Crippen LogP contribution >= 0.6 is 0 Å². The third-order valence-electron chi connectivity index (χ3n) is 5.01.